The lowest BCUT2D eigenvalue weighted by atomic mass is 9.44. The first-order valence-corrected chi connectivity index (χ1v) is 21.4. The molecule has 284 valence electrons. The second-order valence-corrected chi connectivity index (χ2v) is 20.5. The first-order chi connectivity index (χ1) is 25.6. The van der Waals surface area contributed by atoms with Gasteiger partial charge in [-0.25, -0.2) is 4.79 Å². The molecule has 5 fully saturated rings. The van der Waals surface area contributed by atoms with Crippen molar-refractivity contribution >= 4 is 35.1 Å². The van der Waals surface area contributed by atoms with Crippen molar-refractivity contribution in [2.24, 2.45) is 17.3 Å². The maximum atomic E-state index is 13.7. The highest BCUT2D eigenvalue weighted by Gasteiger charge is 3.04. The van der Waals surface area contributed by atoms with Crippen molar-refractivity contribution in [2.75, 3.05) is 19.4 Å². The molecule has 1 N–H and O–H groups in total. The maximum Gasteiger partial charge on any atom is 0.334 e. The van der Waals surface area contributed by atoms with E-state index in [1.165, 1.54) is 15.9 Å². The third-order valence-electron chi connectivity index (χ3n) is 14.5. The lowest BCUT2D eigenvalue weighted by Crippen LogP contribution is -3.00. The Morgan fingerprint density at radius 1 is 0.870 bits per heavy atom. The van der Waals surface area contributed by atoms with E-state index >= 15 is 0 Å². The van der Waals surface area contributed by atoms with E-state index in [1.807, 2.05) is 0 Å². The molecular weight excluding hydrogens is 767 g/mol. The van der Waals surface area contributed by atoms with E-state index in [9.17, 15) is 14.7 Å². The molecule has 0 radical (unpaired) electrons. The number of carbonyl (C=O) groups is 2. The van der Waals surface area contributed by atoms with Gasteiger partial charge < -0.3 is 45.8 Å². The van der Waals surface area contributed by atoms with Crippen molar-refractivity contribution in [1.82, 2.24) is 0 Å². The van der Waals surface area contributed by atoms with Gasteiger partial charge >= 0.3 is 11.9 Å². The molecule has 54 heavy (non-hydrogen) atoms. The highest BCUT2D eigenvalue weighted by molar-refractivity contribution is 7.95. The summed E-state index contributed by atoms with van der Waals surface area (Å²) in [6, 6.07) is 32.4. The van der Waals surface area contributed by atoms with Gasteiger partial charge in [-0.2, -0.15) is 0 Å². The van der Waals surface area contributed by atoms with Gasteiger partial charge in [0.2, 0.25) is 0 Å². The van der Waals surface area contributed by atoms with Crippen LogP contribution in [0, 0.1) is 17.3 Å². The number of unbranched alkanes of at least 4 members (excludes halogenated alkanes) is 1. The molecule has 8 nitrogen and oxygen atoms in total. The number of epoxide rings is 3. The molecule has 3 aromatic rings. The summed E-state index contributed by atoms with van der Waals surface area (Å²) in [7, 11) is -2.00. The SMILES string of the molecule is CC(C)[C@]12O[C@H]1[C@@H]1O[C@]13[C@]1(O[C@H]1C[C@H]1C4=C(CC[C@@]13C)C(=O)OC4)[C@]2(O)COC(=O)CCCC[P+](c1ccccc1)(c1ccccc1)c1ccccc1.[Br-]. The molecule has 0 bridgehead atoms. The standard InChI is InChI=1S/C44H48O8P.BrH/c1-28(2)42-37(51-42)38-44(52-38)40(3)23-22-32-33(26-48-39(32)46)34(40)25-35-43(44,50-35)41(42,47)27-49-36(45)21-13-14-24-53(29-15-7-4-8-16-29,30-17-9-5-10-18-30)31-19-11-6-12-20-31;/h4-12,15-20,28,34-35,37-38,47H,13-14,21-27H2,1-3H3;1H/q+1;/p-1/t34-,35-,37-,38-,40-,41-,42-,43+,44+;/m0./s1. The summed E-state index contributed by atoms with van der Waals surface area (Å²) < 4.78 is 31.8. The fraction of sp³-hybridized carbons (Fsp3) is 0.500. The molecule has 2 spiro atoms. The number of carbonyl (C=O) groups excluding carboxylic acids is 2. The number of benzene rings is 3. The van der Waals surface area contributed by atoms with Crippen molar-refractivity contribution in [2.45, 2.75) is 100 Å². The summed E-state index contributed by atoms with van der Waals surface area (Å²) in [4.78, 5) is 26.3. The van der Waals surface area contributed by atoms with E-state index in [-0.39, 0.29) is 72.1 Å². The number of cyclic esters (lactones) is 1. The molecule has 2 saturated carbocycles. The molecule has 4 aliphatic heterocycles. The zero-order valence-corrected chi connectivity index (χ0v) is 33.5. The Labute approximate surface area is 328 Å². The van der Waals surface area contributed by atoms with Crippen LogP contribution in [0.25, 0.3) is 0 Å². The fourth-order valence-electron chi connectivity index (χ4n) is 12.1. The lowest BCUT2D eigenvalue weighted by molar-refractivity contribution is -0.197. The molecule has 7 aliphatic rings. The number of hydrogen-bond donors (Lipinski definition) is 1. The van der Waals surface area contributed by atoms with E-state index in [0.29, 0.717) is 25.9 Å². The molecule has 3 saturated heterocycles. The predicted molar refractivity (Wildman–Crippen MR) is 201 cm³/mol. The van der Waals surface area contributed by atoms with Gasteiger partial charge in [-0.3, -0.25) is 4.79 Å². The van der Waals surface area contributed by atoms with Crippen LogP contribution in [-0.2, 0) is 33.3 Å². The zero-order chi connectivity index (χ0) is 36.4. The van der Waals surface area contributed by atoms with Crippen LogP contribution >= 0.6 is 7.26 Å². The molecule has 0 unspecified atom stereocenters. The van der Waals surface area contributed by atoms with Crippen molar-refractivity contribution < 1.29 is 55.4 Å². The zero-order valence-electron chi connectivity index (χ0n) is 31.0. The number of halogens is 1. The molecule has 3 aromatic carbocycles. The van der Waals surface area contributed by atoms with Gasteiger partial charge in [0.05, 0.1) is 12.3 Å². The average Bonchev–Trinajstić information content (AvgIpc) is 4.10. The number of hydrogen-bond acceptors (Lipinski definition) is 8. The van der Waals surface area contributed by atoms with Crippen LogP contribution < -0.4 is 32.9 Å². The van der Waals surface area contributed by atoms with Crippen molar-refractivity contribution in [3.8, 4) is 0 Å². The molecule has 10 rings (SSSR count). The van der Waals surface area contributed by atoms with Crippen LogP contribution in [0.2, 0.25) is 0 Å². The van der Waals surface area contributed by atoms with Crippen LogP contribution in [0.3, 0.4) is 0 Å². The Morgan fingerprint density at radius 2 is 1.48 bits per heavy atom. The largest absolute Gasteiger partial charge is 1.00 e. The van der Waals surface area contributed by atoms with E-state index in [1.54, 1.807) is 0 Å². The molecular formula is C44H48BrO8P. The van der Waals surface area contributed by atoms with Gasteiger partial charge in [-0.05, 0) is 85.9 Å². The van der Waals surface area contributed by atoms with Crippen LogP contribution in [0.1, 0.15) is 59.3 Å². The summed E-state index contributed by atoms with van der Waals surface area (Å²) in [5.74, 6) is -0.535. The first kappa shape index (κ1) is 36.7. The van der Waals surface area contributed by atoms with Crippen LogP contribution in [0.5, 0.6) is 0 Å². The molecule has 4 heterocycles. The Hall–Kier alpha value is -2.91. The van der Waals surface area contributed by atoms with E-state index in [4.69, 9.17) is 23.7 Å². The minimum atomic E-state index is -2.00. The summed E-state index contributed by atoms with van der Waals surface area (Å²) in [5.41, 5.74) is -2.89. The monoisotopic (exact) mass is 814 g/mol. The maximum absolute atomic E-state index is 13.7. The van der Waals surface area contributed by atoms with Gasteiger partial charge in [-0.1, -0.05) is 75.4 Å². The second kappa shape index (κ2) is 12.5. The number of rotatable bonds is 11. The summed E-state index contributed by atoms with van der Waals surface area (Å²) >= 11 is 0. The number of aliphatic hydroxyl groups is 1. The molecule has 9 atom stereocenters. The van der Waals surface area contributed by atoms with E-state index < -0.39 is 35.1 Å². The van der Waals surface area contributed by atoms with Gasteiger partial charge in [0, 0.05) is 17.4 Å². The van der Waals surface area contributed by atoms with Crippen molar-refractivity contribution in [1.29, 1.82) is 0 Å². The van der Waals surface area contributed by atoms with Gasteiger partial charge in [0.25, 0.3) is 0 Å². The normalized spacial score (nSPS) is 37.7. The molecule has 3 aliphatic carbocycles. The quantitative estimate of drug-likeness (QED) is 0.136. The number of ether oxygens (including phenoxy) is 5. The Morgan fingerprint density at radius 3 is 2.07 bits per heavy atom. The Bertz CT molecular complexity index is 1910. The first-order valence-electron chi connectivity index (χ1n) is 19.5. The molecule has 0 aromatic heterocycles. The Balaban J connectivity index is 0.00000384. The summed E-state index contributed by atoms with van der Waals surface area (Å²) in [6.07, 6.45) is 3.84. The minimum absolute atomic E-state index is 0. The highest BCUT2D eigenvalue weighted by atomic mass is 79.9. The lowest BCUT2D eigenvalue weighted by Gasteiger charge is -2.56. The smallest absolute Gasteiger partial charge is 0.334 e. The minimum Gasteiger partial charge on any atom is -1.00 e. The summed E-state index contributed by atoms with van der Waals surface area (Å²) in [5, 5.41) is 17.1. The predicted octanol–water partition coefficient (Wildman–Crippen LogP) is 2.18. The van der Waals surface area contributed by atoms with E-state index in [0.717, 1.165) is 30.1 Å². The third kappa shape index (κ3) is 4.49. The van der Waals surface area contributed by atoms with Crippen LogP contribution in [-0.4, -0.2) is 77.1 Å². The highest BCUT2D eigenvalue weighted by Crippen LogP contribution is 2.85. The van der Waals surface area contributed by atoms with Crippen molar-refractivity contribution in [3.05, 3.63) is 102 Å². The van der Waals surface area contributed by atoms with Gasteiger partial charge in [0.15, 0.2) is 11.2 Å². The third-order valence-corrected chi connectivity index (χ3v) is 19.1. The Kier molecular flexibility index (Phi) is 8.53. The fourth-order valence-corrected chi connectivity index (χ4v) is 16.5. The van der Waals surface area contributed by atoms with Crippen LogP contribution in [0.4, 0.5) is 0 Å². The number of esters is 2. The summed E-state index contributed by atoms with van der Waals surface area (Å²) in [6.45, 7) is 6.47. The number of fused-ring (bicyclic) bond motifs is 4. The van der Waals surface area contributed by atoms with E-state index in [2.05, 4.69) is 112 Å². The topological polar surface area (TPSA) is 110 Å². The second-order valence-electron chi connectivity index (χ2n) is 16.9. The van der Waals surface area contributed by atoms with Gasteiger partial charge in [-0.15, -0.1) is 0 Å². The van der Waals surface area contributed by atoms with Crippen molar-refractivity contribution in [3.63, 3.8) is 0 Å². The van der Waals surface area contributed by atoms with Gasteiger partial charge in [0.1, 0.15) is 59.8 Å². The molecule has 10 heteroatoms. The van der Waals surface area contributed by atoms with Crippen LogP contribution in [0.15, 0.2) is 102 Å². The molecule has 0 amide bonds. The average molecular weight is 816 g/mol.